The Bertz CT molecular complexity index is 204. The molecule has 1 fully saturated rings. The number of likely N-dealkylation sites (tertiary alicyclic amines) is 1. The van der Waals surface area contributed by atoms with E-state index >= 15 is 0 Å². The van der Waals surface area contributed by atoms with Gasteiger partial charge in [-0.15, -0.1) is 0 Å². The molecule has 0 bridgehead atoms. The molecule has 0 aromatic rings. The standard InChI is InChI=1S/C9H16N2O2/c1-2-3-9(12)11-6-4-8(10-13)5-7-11/h13H,2-7H2,1H3. The summed E-state index contributed by atoms with van der Waals surface area (Å²) in [6, 6.07) is 0. The molecule has 0 aromatic heterocycles. The van der Waals surface area contributed by atoms with Crippen LogP contribution in [0.5, 0.6) is 0 Å². The van der Waals surface area contributed by atoms with Gasteiger partial charge in [-0.1, -0.05) is 12.1 Å². The van der Waals surface area contributed by atoms with Crippen LogP contribution in [0.1, 0.15) is 32.6 Å². The van der Waals surface area contributed by atoms with Crippen molar-refractivity contribution >= 4 is 11.6 Å². The number of hydrogen-bond donors (Lipinski definition) is 1. The maximum absolute atomic E-state index is 11.4. The number of nitrogens with zero attached hydrogens (tertiary/aromatic N) is 2. The number of rotatable bonds is 2. The second-order valence-electron chi connectivity index (χ2n) is 3.30. The molecule has 1 saturated heterocycles. The number of carbonyl (C=O) groups excluding carboxylic acids is 1. The second kappa shape index (κ2) is 4.84. The monoisotopic (exact) mass is 184 g/mol. The average molecular weight is 184 g/mol. The molecule has 0 radical (unpaired) electrons. The largest absolute Gasteiger partial charge is 0.411 e. The van der Waals surface area contributed by atoms with Crippen molar-refractivity contribution in [3.05, 3.63) is 0 Å². The molecule has 74 valence electrons. The Hall–Kier alpha value is -1.06. The fraction of sp³-hybridized carbons (Fsp3) is 0.778. The first-order valence-electron chi connectivity index (χ1n) is 4.75. The predicted octanol–water partition coefficient (Wildman–Crippen LogP) is 1.24. The van der Waals surface area contributed by atoms with E-state index in [-0.39, 0.29) is 5.91 Å². The predicted molar refractivity (Wildman–Crippen MR) is 49.9 cm³/mol. The summed E-state index contributed by atoms with van der Waals surface area (Å²) in [7, 11) is 0. The first-order chi connectivity index (χ1) is 6.27. The summed E-state index contributed by atoms with van der Waals surface area (Å²) in [4.78, 5) is 13.3. The van der Waals surface area contributed by atoms with Gasteiger partial charge in [0, 0.05) is 32.4 Å². The van der Waals surface area contributed by atoms with Crippen molar-refractivity contribution in [3.63, 3.8) is 0 Å². The van der Waals surface area contributed by atoms with Crippen LogP contribution >= 0.6 is 0 Å². The highest BCUT2D eigenvalue weighted by Crippen LogP contribution is 2.09. The number of hydrogen-bond acceptors (Lipinski definition) is 3. The van der Waals surface area contributed by atoms with Gasteiger partial charge in [0.2, 0.25) is 5.91 Å². The smallest absolute Gasteiger partial charge is 0.222 e. The lowest BCUT2D eigenvalue weighted by atomic mass is 10.1. The normalized spacial score (nSPS) is 17.3. The van der Waals surface area contributed by atoms with Crippen LogP contribution < -0.4 is 0 Å². The van der Waals surface area contributed by atoms with Crippen molar-refractivity contribution in [2.75, 3.05) is 13.1 Å². The van der Waals surface area contributed by atoms with E-state index in [0.717, 1.165) is 12.1 Å². The third kappa shape index (κ3) is 2.72. The highest BCUT2D eigenvalue weighted by molar-refractivity contribution is 5.87. The van der Waals surface area contributed by atoms with Crippen LogP contribution in [0.4, 0.5) is 0 Å². The molecular formula is C9H16N2O2. The van der Waals surface area contributed by atoms with E-state index in [1.807, 2.05) is 11.8 Å². The van der Waals surface area contributed by atoms with E-state index in [1.54, 1.807) is 0 Å². The summed E-state index contributed by atoms with van der Waals surface area (Å²) in [5, 5.41) is 11.7. The van der Waals surface area contributed by atoms with Crippen molar-refractivity contribution in [2.45, 2.75) is 32.6 Å². The Labute approximate surface area is 78.2 Å². The van der Waals surface area contributed by atoms with Gasteiger partial charge in [-0.2, -0.15) is 0 Å². The molecule has 4 heteroatoms. The van der Waals surface area contributed by atoms with Gasteiger partial charge in [-0.3, -0.25) is 4.79 Å². The van der Waals surface area contributed by atoms with E-state index in [2.05, 4.69) is 5.16 Å². The van der Waals surface area contributed by atoms with Crippen LogP contribution in [-0.4, -0.2) is 34.8 Å². The SMILES string of the molecule is CCCC(=O)N1CCC(=NO)CC1. The number of amides is 1. The molecule has 0 aliphatic carbocycles. The Morgan fingerprint density at radius 3 is 2.62 bits per heavy atom. The minimum absolute atomic E-state index is 0.222. The van der Waals surface area contributed by atoms with Gasteiger partial charge in [0.05, 0.1) is 5.71 Å². The van der Waals surface area contributed by atoms with Crippen LogP contribution in [0.2, 0.25) is 0 Å². The molecule has 1 amide bonds. The molecule has 1 heterocycles. The van der Waals surface area contributed by atoms with Crippen molar-refractivity contribution in [1.29, 1.82) is 0 Å². The molecule has 0 unspecified atom stereocenters. The quantitative estimate of drug-likeness (QED) is 0.518. The Morgan fingerprint density at radius 2 is 2.15 bits per heavy atom. The average Bonchev–Trinajstić information content (AvgIpc) is 2.18. The fourth-order valence-corrected chi connectivity index (χ4v) is 1.49. The van der Waals surface area contributed by atoms with Gasteiger partial charge >= 0.3 is 0 Å². The Morgan fingerprint density at radius 1 is 1.54 bits per heavy atom. The van der Waals surface area contributed by atoms with Crippen molar-refractivity contribution in [3.8, 4) is 0 Å². The van der Waals surface area contributed by atoms with Gasteiger partial charge in [0.25, 0.3) is 0 Å². The maximum Gasteiger partial charge on any atom is 0.222 e. The molecule has 4 nitrogen and oxygen atoms in total. The van der Waals surface area contributed by atoms with Crippen LogP contribution in [0, 0.1) is 0 Å². The summed E-state index contributed by atoms with van der Waals surface area (Å²) in [5.41, 5.74) is 0.806. The van der Waals surface area contributed by atoms with Crippen LogP contribution in [-0.2, 0) is 4.79 Å². The molecule has 1 rings (SSSR count). The molecule has 1 N–H and O–H groups in total. The summed E-state index contributed by atoms with van der Waals surface area (Å²) >= 11 is 0. The van der Waals surface area contributed by atoms with Gasteiger partial charge in [-0.05, 0) is 6.42 Å². The first-order valence-corrected chi connectivity index (χ1v) is 4.75. The number of carbonyl (C=O) groups is 1. The minimum atomic E-state index is 0.222. The molecule has 0 spiro atoms. The van der Waals surface area contributed by atoms with Crippen LogP contribution in [0.15, 0.2) is 5.16 Å². The molecule has 13 heavy (non-hydrogen) atoms. The van der Waals surface area contributed by atoms with Gasteiger partial charge in [0.15, 0.2) is 0 Å². The zero-order valence-electron chi connectivity index (χ0n) is 7.99. The highest BCUT2D eigenvalue weighted by Gasteiger charge is 2.18. The Kier molecular flexibility index (Phi) is 3.73. The van der Waals surface area contributed by atoms with Gasteiger partial charge in [-0.25, -0.2) is 0 Å². The number of piperidine rings is 1. The summed E-state index contributed by atoms with van der Waals surface area (Å²) in [5.74, 6) is 0.222. The zero-order chi connectivity index (χ0) is 9.68. The summed E-state index contributed by atoms with van der Waals surface area (Å²) < 4.78 is 0. The minimum Gasteiger partial charge on any atom is -0.411 e. The number of oxime groups is 1. The topological polar surface area (TPSA) is 52.9 Å². The maximum atomic E-state index is 11.4. The third-order valence-corrected chi connectivity index (χ3v) is 2.30. The zero-order valence-corrected chi connectivity index (χ0v) is 7.99. The molecule has 0 saturated carbocycles. The van der Waals surface area contributed by atoms with Crippen molar-refractivity contribution < 1.29 is 10.0 Å². The lowest BCUT2D eigenvalue weighted by Crippen LogP contribution is -2.38. The van der Waals surface area contributed by atoms with Gasteiger partial charge in [0.1, 0.15) is 0 Å². The summed E-state index contributed by atoms with van der Waals surface area (Å²) in [6.45, 7) is 3.42. The lowest BCUT2D eigenvalue weighted by Gasteiger charge is -2.27. The van der Waals surface area contributed by atoms with Crippen LogP contribution in [0.3, 0.4) is 0 Å². The Balaban J connectivity index is 2.36. The van der Waals surface area contributed by atoms with E-state index in [9.17, 15) is 4.79 Å². The van der Waals surface area contributed by atoms with E-state index in [4.69, 9.17) is 5.21 Å². The molecule has 0 atom stereocenters. The third-order valence-electron chi connectivity index (χ3n) is 2.30. The molecule has 0 aromatic carbocycles. The summed E-state index contributed by atoms with van der Waals surface area (Å²) in [6.07, 6.45) is 2.96. The van der Waals surface area contributed by atoms with Crippen LogP contribution in [0.25, 0.3) is 0 Å². The van der Waals surface area contributed by atoms with Gasteiger partial charge < -0.3 is 10.1 Å². The first kappa shape index (κ1) is 10.0. The second-order valence-corrected chi connectivity index (χ2v) is 3.30. The fourth-order valence-electron chi connectivity index (χ4n) is 1.49. The van der Waals surface area contributed by atoms with Crippen molar-refractivity contribution in [2.24, 2.45) is 5.16 Å². The highest BCUT2D eigenvalue weighted by atomic mass is 16.4. The van der Waals surface area contributed by atoms with E-state index in [0.29, 0.717) is 32.4 Å². The van der Waals surface area contributed by atoms with Crippen molar-refractivity contribution in [1.82, 2.24) is 4.90 Å². The molecular weight excluding hydrogens is 168 g/mol. The van der Waals surface area contributed by atoms with E-state index < -0.39 is 0 Å². The van der Waals surface area contributed by atoms with E-state index in [1.165, 1.54) is 0 Å². The molecule has 1 aliphatic rings. The lowest BCUT2D eigenvalue weighted by molar-refractivity contribution is -0.131. The molecule has 1 aliphatic heterocycles.